The molecule has 0 unspecified atom stereocenters. The molecule has 3 atom stereocenters. The number of benzene rings is 3. The second-order valence-corrected chi connectivity index (χ2v) is 7.75. The minimum absolute atomic E-state index is 0.0867. The van der Waals surface area contributed by atoms with Crippen LogP contribution in [0.25, 0.3) is 0 Å². The van der Waals surface area contributed by atoms with E-state index in [0.29, 0.717) is 13.0 Å². The summed E-state index contributed by atoms with van der Waals surface area (Å²) in [4.78, 5) is 15.3. The zero-order valence-corrected chi connectivity index (χ0v) is 18.4. The van der Waals surface area contributed by atoms with Gasteiger partial charge in [-0.15, -0.1) is 6.58 Å². The third-order valence-electron chi connectivity index (χ3n) is 5.79. The third-order valence-corrected chi connectivity index (χ3v) is 5.79. The van der Waals surface area contributed by atoms with E-state index in [1.54, 1.807) is 0 Å². The third kappa shape index (κ3) is 5.71. The molecular formula is C28H31NO2. The largest absolute Gasteiger partial charge is 0.469 e. The highest BCUT2D eigenvalue weighted by Gasteiger charge is 2.36. The van der Waals surface area contributed by atoms with Gasteiger partial charge >= 0.3 is 5.97 Å². The van der Waals surface area contributed by atoms with E-state index in [-0.39, 0.29) is 24.0 Å². The maximum atomic E-state index is 12.9. The first kappa shape index (κ1) is 22.5. The molecular weight excluding hydrogens is 382 g/mol. The van der Waals surface area contributed by atoms with Crippen LogP contribution in [-0.4, -0.2) is 18.0 Å². The number of carbonyl (C=O) groups excluding carboxylic acids is 1. The monoisotopic (exact) mass is 413 g/mol. The zero-order chi connectivity index (χ0) is 22.1. The van der Waals surface area contributed by atoms with E-state index in [1.165, 1.54) is 18.2 Å². The van der Waals surface area contributed by atoms with Crippen molar-refractivity contribution in [1.29, 1.82) is 0 Å². The minimum Gasteiger partial charge on any atom is -0.469 e. The molecule has 3 nitrogen and oxygen atoms in total. The van der Waals surface area contributed by atoms with Crippen molar-refractivity contribution < 1.29 is 9.53 Å². The second-order valence-electron chi connectivity index (χ2n) is 7.75. The van der Waals surface area contributed by atoms with E-state index in [0.717, 1.165) is 5.56 Å². The average molecular weight is 414 g/mol. The molecule has 0 aliphatic rings. The number of hydrogen-bond donors (Lipinski definition) is 0. The molecule has 0 aromatic heterocycles. The van der Waals surface area contributed by atoms with Crippen molar-refractivity contribution in [3.05, 3.63) is 120 Å². The van der Waals surface area contributed by atoms with Crippen molar-refractivity contribution in [3.8, 4) is 0 Å². The van der Waals surface area contributed by atoms with Gasteiger partial charge in [-0.05, 0) is 30.0 Å². The number of nitrogens with zero attached hydrogens (tertiary/aromatic N) is 1. The van der Waals surface area contributed by atoms with Crippen molar-refractivity contribution in [2.45, 2.75) is 32.0 Å². The van der Waals surface area contributed by atoms with Crippen LogP contribution in [0.1, 0.15) is 42.1 Å². The van der Waals surface area contributed by atoms with E-state index >= 15 is 0 Å². The van der Waals surface area contributed by atoms with Gasteiger partial charge < -0.3 is 4.74 Å². The Balaban J connectivity index is 2.13. The fourth-order valence-electron chi connectivity index (χ4n) is 4.18. The molecule has 160 valence electrons. The Morgan fingerprint density at radius 1 is 0.903 bits per heavy atom. The molecule has 3 aromatic carbocycles. The van der Waals surface area contributed by atoms with Gasteiger partial charge in [0.2, 0.25) is 0 Å². The highest BCUT2D eigenvalue weighted by molar-refractivity contribution is 5.73. The predicted octanol–water partition coefficient (Wildman–Crippen LogP) is 6.36. The molecule has 0 heterocycles. The van der Waals surface area contributed by atoms with Crippen LogP contribution in [0, 0.1) is 5.92 Å². The van der Waals surface area contributed by atoms with Gasteiger partial charge in [-0.2, -0.15) is 0 Å². The molecule has 0 aliphatic heterocycles. The Hall–Kier alpha value is -3.17. The fourth-order valence-corrected chi connectivity index (χ4v) is 4.18. The van der Waals surface area contributed by atoms with Gasteiger partial charge in [-0.1, -0.05) is 97.1 Å². The average Bonchev–Trinajstić information content (AvgIpc) is 2.84. The van der Waals surface area contributed by atoms with Gasteiger partial charge in [0.15, 0.2) is 0 Å². The summed E-state index contributed by atoms with van der Waals surface area (Å²) in [6.07, 6.45) is 2.35. The minimum atomic E-state index is -0.361. The normalized spacial score (nSPS) is 13.9. The number of carbonyl (C=O) groups is 1. The maximum absolute atomic E-state index is 12.9. The first-order valence-corrected chi connectivity index (χ1v) is 10.7. The topological polar surface area (TPSA) is 29.5 Å². The summed E-state index contributed by atoms with van der Waals surface area (Å²) in [7, 11) is 1.46. The van der Waals surface area contributed by atoms with Crippen LogP contribution in [-0.2, 0) is 16.1 Å². The summed E-state index contributed by atoms with van der Waals surface area (Å²) < 4.78 is 5.24. The molecule has 0 aliphatic carbocycles. The lowest BCUT2D eigenvalue weighted by Gasteiger charge is -2.40. The van der Waals surface area contributed by atoms with Crippen molar-refractivity contribution in [1.82, 2.24) is 4.90 Å². The fraction of sp³-hybridized carbons (Fsp3) is 0.250. The van der Waals surface area contributed by atoms with Crippen LogP contribution in [0.2, 0.25) is 0 Å². The smallest absolute Gasteiger partial charge is 0.310 e. The lowest BCUT2D eigenvalue weighted by atomic mass is 9.86. The number of ether oxygens (including phenoxy) is 1. The SMILES string of the molecule is C=CC[C@@H](C(=O)OC)[C@@H](c1ccccc1)N(Cc1ccccc1)[C@H](C)c1ccccc1. The van der Waals surface area contributed by atoms with Crippen molar-refractivity contribution in [2.75, 3.05) is 7.11 Å². The molecule has 0 spiro atoms. The van der Waals surface area contributed by atoms with E-state index in [2.05, 4.69) is 79.1 Å². The molecule has 3 aromatic rings. The van der Waals surface area contributed by atoms with Crippen molar-refractivity contribution >= 4 is 5.97 Å². The molecule has 0 amide bonds. The molecule has 0 N–H and O–H groups in total. The Bertz CT molecular complexity index is 941. The standard InChI is InChI=1S/C28H31NO2/c1-4-14-26(28(30)31-3)27(25-19-12-7-13-20-25)29(21-23-15-8-5-9-16-23)22(2)24-17-10-6-11-18-24/h4-13,15-20,22,26-27H,1,14,21H2,2-3H3/t22-,26-,27-/m1/s1. The van der Waals surface area contributed by atoms with Gasteiger partial charge in [0.05, 0.1) is 13.0 Å². The van der Waals surface area contributed by atoms with Gasteiger partial charge in [-0.3, -0.25) is 9.69 Å². The second kappa shape index (κ2) is 11.3. The van der Waals surface area contributed by atoms with Gasteiger partial charge in [0.1, 0.15) is 0 Å². The molecule has 3 rings (SSSR count). The summed E-state index contributed by atoms with van der Waals surface area (Å²) >= 11 is 0. The number of methoxy groups -OCH3 is 1. The number of hydrogen-bond acceptors (Lipinski definition) is 3. The summed E-state index contributed by atoms with van der Waals surface area (Å²) in [5.74, 6) is -0.577. The lowest BCUT2D eigenvalue weighted by Crippen LogP contribution is -2.38. The molecule has 0 saturated heterocycles. The maximum Gasteiger partial charge on any atom is 0.310 e. The summed E-state index contributed by atoms with van der Waals surface area (Å²) in [5.41, 5.74) is 3.51. The number of esters is 1. The van der Waals surface area contributed by atoms with E-state index in [9.17, 15) is 4.79 Å². The summed E-state index contributed by atoms with van der Waals surface area (Å²) in [6.45, 7) is 6.83. The first-order chi connectivity index (χ1) is 15.2. The van der Waals surface area contributed by atoms with Crippen LogP contribution in [0.3, 0.4) is 0 Å². The Morgan fingerprint density at radius 3 is 1.94 bits per heavy atom. The van der Waals surface area contributed by atoms with Crippen LogP contribution < -0.4 is 0 Å². The molecule has 0 fully saturated rings. The number of rotatable bonds is 10. The first-order valence-electron chi connectivity index (χ1n) is 10.7. The highest BCUT2D eigenvalue weighted by atomic mass is 16.5. The van der Waals surface area contributed by atoms with Gasteiger partial charge in [0.25, 0.3) is 0 Å². The highest BCUT2D eigenvalue weighted by Crippen LogP contribution is 2.39. The predicted molar refractivity (Wildman–Crippen MR) is 126 cm³/mol. The Kier molecular flexibility index (Phi) is 8.19. The van der Waals surface area contributed by atoms with Crippen molar-refractivity contribution in [2.24, 2.45) is 5.92 Å². The van der Waals surface area contributed by atoms with Crippen LogP contribution >= 0.6 is 0 Å². The molecule has 3 heteroatoms. The Labute approximate surface area is 186 Å². The lowest BCUT2D eigenvalue weighted by molar-refractivity contribution is -0.148. The summed E-state index contributed by atoms with van der Waals surface area (Å²) in [5, 5.41) is 0. The van der Waals surface area contributed by atoms with Crippen molar-refractivity contribution in [3.63, 3.8) is 0 Å². The molecule has 31 heavy (non-hydrogen) atoms. The molecule has 0 bridgehead atoms. The van der Waals surface area contributed by atoms with Crippen LogP contribution in [0.4, 0.5) is 0 Å². The van der Waals surface area contributed by atoms with Crippen LogP contribution in [0.5, 0.6) is 0 Å². The molecule has 0 radical (unpaired) electrons. The van der Waals surface area contributed by atoms with Gasteiger partial charge in [0, 0.05) is 18.6 Å². The summed E-state index contributed by atoms with van der Waals surface area (Å²) in [6, 6.07) is 31.0. The van der Waals surface area contributed by atoms with E-state index in [4.69, 9.17) is 4.74 Å². The quantitative estimate of drug-likeness (QED) is 0.286. The Morgan fingerprint density at radius 2 is 1.42 bits per heavy atom. The van der Waals surface area contributed by atoms with Crippen LogP contribution in [0.15, 0.2) is 104 Å². The van der Waals surface area contributed by atoms with E-state index < -0.39 is 0 Å². The zero-order valence-electron chi connectivity index (χ0n) is 18.4. The number of allylic oxidation sites excluding steroid dienone is 1. The molecule has 0 saturated carbocycles. The van der Waals surface area contributed by atoms with Gasteiger partial charge in [-0.25, -0.2) is 0 Å². The van der Waals surface area contributed by atoms with E-state index in [1.807, 2.05) is 36.4 Å².